The van der Waals surface area contributed by atoms with Gasteiger partial charge < -0.3 is 4.74 Å². The minimum Gasteiger partial charge on any atom is -0.460 e. The smallest absolute Gasteiger partial charge is 0.375 e. The molecule has 54 valence electrons. The van der Waals surface area contributed by atoms with Crippen molar-refractivity contribution in [3.05, 3.63) is 0 Å². The lowest BCUT2D eigenvalue weighted by Gasteiger charge is -1.95. The summed E-state index contributed by atoms with van der Waals surface area (Å²) in [4.78, 5) is 21.0. The molecule has 0 amide bonds. The van der Waals surface area contributed by atoms with Gasteiger partial charge in [-0.1, -0.05) is 5.92 Å². The number of hydrogen-bond donors (Lipinski definition) is 0. The van der Waals surface area contributed by atoms with Crippen LogP contribution < -0.4 is 0 Å². The maximum absolute atomic E-state index is 10.5. The lowest BCUT2D eigenvalue weighted by Crippen LogP contribution is -2.16. The summed E-state index contributed by atoms with van der Waals surface area (Å²) in [5, 5.41) is 0. The van der Waals surface area contributed by atoms with E-state index in [9.17, 15) is 9.59 Å². The topological polar surface area (TPSA) is 43.4 Å². The van der Waals surface area contributed by atoms with E-state index in [4.69, 9.17) is 6.42 Å². The van der Waals surface area contributed by atoms with Crippen molar-refractivity contribution in [2.45, 2.75) is 13.3 Å². The number of ketones is 1. The van der Waals surface area contributed by atoms with Gasteiger partial charge in [0.15, 0.2) is 0 Å². The summed E-state index contributed by atoms with van der Waals surface area (Å²) in [6, 6.07) is 0. The minimum absolute atomic E-state index is 0.182. The van der Waals surface area contributed by atoms with Gasteiger partial charge in [0.05, 0.1) is 13.0 Å². The van der Waals surface area contributed by atoms with Gasteiger partial charge in [-0.25, -0.2) is 4.79 Å². The van der Waals surface area contributed by atoms with Gasteiger partial charge in [0.25, 0.3) is 5.78 Å². The van der Waals surface area contributed by atoms with Crippen LogP contribution in [0.25, 0.3) is 0 Å². The Labute approximate surface area is 59.4 Å². The van der Waals surface area contributed by atoms with Crippen LogP contribution in [0.4, 0.5) is 0 Å². The second-order valence-electron chi connectivity index (χ2n) is 1.52. The molecule has 0 bridgehead atoms. The summed E-state index contributed by atoms with van der Waals surface area (Å²) in [6.07, 6.45) is 4.60. The molecular formula is C7H8O3. The number of hydrogen-bond acceptors (Lipinski definition) is 3. The molecule has 0 rings (SSSR count). The molecule has 0 spiro atoms. The number of Topliss-reactive ketones (excluding diaryl/α,β-unsaturated/α-hetero) is 1. The van der Waals surface area contributed by atoms with Crippen LogP contribution in [0, 0.1) is 12.3 Å². The molecule has 0 aliphatic carbocycles. The molecule has 10 heavy (non-hydrogen) atoms. The number of terminal acetylenes is 1. The van der Waals surface area contributed by atoms with E-state index in [0.29, 0.717) is 0 Å². The van der Waals surface area contributed by atoms with Gasteiger partial charge in [-0.05, 0) is 6.92 Å². The lowest BCUT2D eigenvalue weighted by atomic mass is 10.3. The lowest BCUT2D eigenvalue weighted by molar-refractivity contribution is -0.153. The first-order valence-corrected chi connectivity index (χ1v) is 2.85. The van der Waals surface area contributed by atoms with Gasteiger partial charge in [0, 0.05) is 0 Å². The zero-order chi connectivity index (χ0) is 7.98. The summed E-state index contributed by atoms with van der Waals surface area (Å²) in [5.41, 5.74) is 0. The fraction of sp³-hybridized carbons (Fsp3) is 0.429. The molecule has 0 saturated carbocycles. The van der Waals surface area contributed by atoms with Crippen LogP contribution in [0.1, 0.15) is 13.3 Å². The number of esters is 1. The summed E-state index contributed by atoms with van der Waals surface area (Å²) in [6.45, 7) is 1.83. The number of rotatable bonds is 3. The van der Waals surface area contributed by atoms with Crippen molar-refractivity contribution >= 4 is 11.8 Å². The highest BCUT2D eigenvalue weighted by molar-refractivity contribution is 6.34. The first kappa shape index (κ1) is 8.70. The second-order valence-corrected chi connectivity index (χ2v) is 1.52. The largest absolute Gasteiger partial charge is 0.460 e. The average molecular weight is 140 g/mol. The standard InChI is InChI=1S/C7H8O3/c1-3-5-6(8)7(9)10-4-2/h1H,4-5H2,2H3. The summed E-state index contributed by atoms with van der Waals surface area (Å²) < 4.78 is 4.37. The Morgan fingerprint density at radius 3 is 2.60 bits per heavy atom. The monoisotopic (exact) mass is 140 g/mol. The highest BCUT2D eigenvalue weighted by Gasteiger charge is 2.11. The van der Waals surface area contributed by atoms with Crippen LogP contribution >= 0.6 is 0 Å². The number of ether oxygens (including phenoxy) is 1. The maximum atomic E-state index is 10.5. The SMILES string of the molecule is C#CCC(=O)C(=O)OCC. The van der Waals surface area contributed by atoms with Gasteiger partial charge in [0.1, 0.15) is 0 Å². The Hall–Kier alpha value is -1.30. The van der Waals surface area contributed by atoms with Crippen LogP contribution in [0.15, 0.2) is 0 Å². The Morgan fingerprint density at radius 1 is 1.60 bits per heavy atom. The van der Waals surface area contributed by atoms with Crippen LogP contribution in [0.2, 0.25) is 0 Å². The van der Waals surface area contributed by atoms with E-state index in [2.05, 4.69) is 10.7 Å². The molecule has 0 aliphatic heterocycles. The molecule has 0 fully saturated rings. The molecule has 0 atom stereocenters. The normalized spacial score (nSPS) is 8.00. The van der Waals surface area contributed by atoms with Gasteiger partial charge in [-0.2, -0.15) is 0 Å². The second kappa shape index (κ2) is 4.57. The Balaban J connectivity index is 3.74. The molecule has 0 aliphatic rings. The molecule has 0 radical (unpaired) electrons. The third-order valence-electron chi connectivity index (χ3n) is 0.766. The quantitative estimate of drug-likeness (QED) is 0.318. The van der Waals surface area contributed by atoms with Crippen molar-refractivity contribution in [1.29, 1.82) is 0 Å². The highest BCUT2D eigenvalue weighted by Crippen LogP contribution is 1.85. The molecule has 0 unspecified atom stereocenters. The van der Waals surface area contributed by atoms with Crippen molar-refractivity contribution < 1.29 is 14.3 Å². The number of carbonyl (C=O) groups excluding carboxylic acids is 2. The van der Waals surface area contributed by atoms with Crippen LogP contribution in [-0.4, -0.2) is 18.4 Å². The van der Waals surface area contributed by atoms with Crippen molar-refractivity contribution in [2.75, 3.05) is 6.61 Å². The highest BCUT2D eigenvalue weighted by atomic mass is 16.5. The summed E-state index contributed by atoms with van der Waals surface area (Å²) in [7, 11) is 0. The molecule has 3 nitrogen and oxygen atoms in total. The average Bonchev–Trinajstić information content (AvgIpc) is 1.89. The molecule has 0 aromatic carbocycles. The predicted octanol–water partition coefficient (Wildman–Crippen LogP) is 0.142. The molecule has 0 heterocycles. The Kier molecular flexibility index (Phi) is 3.97. The van der Waals surface area contributed by atoms with E-state index in [0.717, 1.165) is 0 Å². The van der Waals surface area contributed by atoms with E-state index in [1.165, 1.54) is 0 Å². The molecule has 0 aromatic rings. The van der Waals surface area contributed by atoms with Gasteiger partial charge in [-0.3, -0.25) is 4.79 Å². The minimum atomic E-state index is -0.847. The van der Waals surface area contributed by atoms with Crippen molar-refractivity contribution in [3.8, 4) is 12.3 Å². The fourth-order valence-corrected chi connectivity index (χ4v) is 0.376. The van der Waals surface area contributed by atoms with Gasteiger partial charge in [0.2, 0.25) is 0 Å². The van der Waals surface area contributed by atoms with Crippen LogP contribution in [-0.2, 0) is 14.3 Å². The third-order valence-corrected chi connectivity index (χ3v) is 0.766. The predicted molar refractivity (Wildman–Crippen MR) is 35.1 cm³/mol. The van der Waals surface area contributed by atoms with E-state index >= 15 is 0 Å². The fourth-order valence-electron chi connectivity index (χ4n) is 0.376. The van der Waals surface area contributed by atoms with Crippen molar-refractivity contribution in [1.82, 2.24) is 0 Å². The van der Waals surface area contributed by atoms with Crippen LogP contribution in [0.3, 0.4) is 0 Å². The molecule has 0 saturated heterocycles. The number of carbonyl (C=O) groups is 2. The third kappa shape index (κ3) is 2.88. The summed E-state index contributed by atoms with van der Waals surface area (Å²) >= 11 is 0. The van der Waals surface area contributed by atoms with Crippen LogP contribution in [0.5, 0.6) is 0 Å². The first-order chi connectivity index (χ1) is 4.72. The van der Waals surface area contributed by atoms with Gasteiger partial charge in [-0.15, -0.1) is 6.42 Å². The first-order valence-electron chi connectivity index (χ1n) is 2.85. The van der Waals surface area contributed by atoms with Gasteiger partial charge >= 0.3 is 5.97 Å². The van der Waals surface area contributed by atoms with E-state index in [1.54, 1.807) is 6.92 Å². The zero-order valence-electron chi connectivity index (χ0n) is 5.72. The zero-order valence-corrected chi connectivity index (χ0v) is 5.72. The van der Waals surface area contributed by atoms with E-state index in [-0.39, 0.29) is 13.0 Å². The molecule has 3 heteroatoms. The van der Waals surface area contributed by atoms with E-state index < -0.39 is 11.8 Å². The van der Waals surface area contributed by atoms with E-state index in [1.807, 2.05) is 0 Å². The maximum Gasteiger partial charge on any atom is 0.375 e. The Morgan fingerprint density at radius 2 is 2.20 bits per heavy atom. The Bertz CT molecular complexity index is 176. The summed E-state index contributed by atoms with van der Waals surface area (Å²) in [5.74, 6) is 0.547. The molecule has 0 aromatic heterocycles. The molecular weight excluding hydrogens is 132 g/mol. The van der Waals surface area contributed by atoms with Crippen molar-refractivity contribution in [2.24, 2.45) is 0 Å². The molecule has 0 N–H and O–H groups in total. The van der Waals surface area contributed by atoms with Crippen molar-refractivity contribution in [3.63, 3.8) is 0 Å².